The van der Waals surface area contributed by atoms with E-state index in [2.05, 4.69) is 4.74 Å². The first kappa shape index (κ1) is 19.8. The normalized spacial score (nSPS) is 20.8. The minimum atomic E-state index is -5.02. The van der Waals surface area contributed by atoms with Crippen molar-refractivity contribution in [2.24, 2.45) is 0 Å². The highest BCUT2D eigenvalue weighted by Gasteiger charge is 2.67. The van der Waals surface area contributed by atoms with Crippen molar-refractivity contribution in [2.45, 2.75) is 38.6 Å². The molecule has 1 amide bonds. The number of rotatable bonds is 3. The van der Waals surface area contributed by atoms with E-state index in [1.54, 1.807) is 37.3 Å². The van der Waals surface area contributed by atoms with E-state index in [9.17, 15) is 22.8 Å². The molecule has 8 heteroatoms. The van der Waals surface area contributed by atoms with Crippen molar-refractivity contribution in [1.29, 1.82) is 0 Å². The van der Waals surface area contributed by atoms with E-state index in [4.69, 9.17) is 4.74 Å². The molecule has 0 spiro atoms. The molecular formula is C18H20F3NO4. The van der Waals surface area contributed by atoms with Crippen LogP contribution in [-0.4, -0.2) is 42.3 Å². The molecule has 0 saturated heterocycles. The summed E-state index contributed by atoms with van der Waals surface area (Å²) in [6, 6.07) is 8.55. The number of ether oxygens (including phenoxy) is 2. The molecule has 1 aromatic rings. The van der Waals surface area contributed by atoms with Crippen LogP contribution in [0.25, 0.3) is 0 Å². The van der Waals surface area contributed by atoms with Crippen molar-refractivity contribution in [2.75, 3.05) is 13.7 Å². The predicted octanol–water partition coefficient (Wildman–Crippen LogP) is 3.84. The van der Waals surface area contributed by atoms with E-state index in [0.29, 0.717) is 21.6 Å². The zero-order valence-electron chi connectivity index (χ0n) is 14.7. The van der Waals surface area contributed by atoms with Gasteiger partial charge in [-0.05, 0) is 19.4 Å². The molecule has 26 heavy (non-hydrogen) atoms. The Labute approximate surface area is 149 Å². The highest BCUT2D eigenvalue weighted by Crippen LogP contribution is 2.45. The number of hydrogen-bond donors (Lipinski definition) is 0. The molecule has 142 valence electrons. The second kappa shape index (κ2) is 7.39. The van der Waals surface area contributed by atoms with Crippen molar-refractivity contribution in [1.82, 2.24) is 4.90 Å². The van der Waals surface area contributed by atoms with Gasteiger partial charge in [0.2, 0.25) is 5.54 Å². The average molecular weight is 371 g/mol. The lowest BCUT2D eigenvalue weighted by Crippen LogP contribution is -2.67. The Morgan fingerprint density at radius 1 is 1.15 bits per heavy atom. The predicted molar refractivity (Wildman–Crippen MR) is 87.1 cm³/mol. The summed E-state index contributed by atoms with van der Waals surface area (Å²) in [7, 11) is 0.865. The molecule has 5 nitrogen and oxygen atoms in total. The van der Waals surface area contributed by atoms with Gasteiger partial charge in [0.15, 0.2) is 0 Å². The van der Waals surface area contributed by atoms with Gasteiger partial charge in [0, 0.05) is 13.0 Å². The van der Waals surface area contributed by atoms with E-state index in [1.165, 1.54) is 6.92 Å². The smallest absolute Gasteiger partial charge is 0.423 e. The van der Waals surface area contributed by atoms with Crippen LogP contribution in [0.4, 0.5) is 18.0 Å². The fourth-order valence-electron chi connectivity index (χ4n) is 2.87. The van der Waals surface area contributed by atoms with Crippen molar-refractivity contribution in [3.05, 3.63) is 47.0 Å². The molecule has 1 heterocycles. The molecule has 1 atom stereocenters. The minimum absolute atomic E-state index is 0.201. The van der Waals surface area contributed by atoms with Crippen LogP contribution in [0, 0.1) is 0 Å². The van der Waals surface area contributed by atoms with Gasteiger partial charge < -0.3 is 9.47 Å². The monoisotopic (exact) mass is 371 g/mol. The molecule has 0 radical (unpaired) electrons. The van der Waals surface area contributed by atoms with E-state index in [1.807, 2.05) is 0 Å². The van der Waals surface area contributed by atoms with Crippen LogP contribution in [-0.2, 0) is 20.9 Å². The lowest BCUT2D eigenvalue weighted by molar-refractivity contribution is -0.235. The van der Waals surface area contributed by atoms with Crippen molar-refractivity contribution in [3.63, 3.8) is 0 Å². The van der Waals surface area contributed by atoms with Gasteiger partial charge in [-0.2, -0.15) is 13.2 Å². The van der Waals surface area contributed by atoms with Crippen LogP contribution in [0.5, 0.6) is 0 Å². The molecular weight excluding hydrogens is 351 g/mol. The number of methoxy groups -OCH3 is 1. The Bertz CT molecular complexity index is 715. The number of nitrogens with zero attached hydrogens (tertiary/aromatic N) is 1. The number of benzene rings is 1. The number of halogens is 3. The highest BCUT2D eigenvalue weighted by molar-refractivity contribution is 5.88. The van der Waals surface area contributed by atoms with Gasteiger partial charge >= 0.3 is 18.2 Å². The second-order valence-electron chi connectivity index (χ2n) is 6.21. The van der Waals surface area contributed by atoms with Gasteiger partial charge in [-0.1, -0.05) is 41.5 Å². The van der Waals surface area contributed by atoms with E-state index < -0.39 is 30.2 Å². The van der Waals surface area contributed by atoms with E-state index in [-0.39, 0.29) is 13.2 Å². The van der Waals surface area contributed by atoms with Crippen molar-refractivity contribution in [3.8, 4) is 0 Å². The van der Waals surface area contributed by atoms with Crippen LogP contribution in [0.3, 0.4) is 0 Å². The Balaban J connectivity index is 2.37. The summed E-state index contributed by atoms with van der Waals surface area (Å²) in [6.45, 7) is 2.55. The molecule has 0 N–H and O–H groups in total. The molecule has 0 unspecified atom stereocenters. The first-order valence-electron chi connectivity index (χ1n) is 7.92. The Morgan fingerprint density at radius 2 is 1.77 bits per heavy atom. The molecule has 1 aliphatic heterocycles. The summed E-state index contributed by atoms with van der Waals surface area (Å²) in [5.41, 5.74) is -1.51. The van der Waals surface area contributed by atoms with Crippen LogP contribution in [0.15, 0.2) is 41.5 Å². The van der Waals surface area contributed by atoms with Crippen LogP contribution < -0.4 is 0 Å². The minimum Gasteiger partial charge on any atom is -0.467 e. The Hall–Kier alpha value is -2.51. The van der Waals surface area contributed by atoms with Crippen molar-refractivity contribution >= 4 is 12.1 Å². The fraction of sp³-hybridized carbons (Fsp3) is 0.444. The van der Waals surface area contributed by atoms with Gasteiger partial charge in [0.25, 0.3) is 0 Å². The third-order valence-corrected chi connectivity index (χ3v) is 4.52. The summed E-state index contributed by atoms with van der Waals surface area (Å²) in [5, 5.41) is 0. The number of carbonyl (C=O) groups excluding carboxylic acids is 2. The molecule has 0 saturated carbocycles. The first-order chi connectivity index (χ1) is 12.1. The third-order valence-electron chi connectivity index (χ3n) is 4.52. The van der Waals surface area contributed by atoms with E-state index in [0.717, 1.165) is 7.11 Å². The molecule has 2 rings (SSSR count). The zero-order valence-corrected chi connectivity index (χ0v) is 14.7. The van der Waals surface area contributed by atoms with Gasteiger partial charge in [-0.15, -0.1) is 0 Å². The number of alkyl halides is 3. The molecule has 0 bridgehead atoms. The molecule has 0 aromatic heterocycles. The van der Waals surface area contributed by atoms with Gasteiger partial charge in [0.1, 0.15) is 6.61 Å². The molecule has 0 aliphatic carbocycles. The number of amides is 1. The quantitative estimate of drug-likeness (QED) is 0.598. The first-order valence-corrected chi connectivity index (χ1v) is 7.92. The maximum atomic E-state index is 13.9. The van der Waals surface area contributed by atoms with Crippen LogP contribution in [0.2, 0.25) is 0 Å². The van der Waals surface area contributed by atoms with E-state index >= 15 is 0 Å². The number of carbonyl (C=O) groups is 2. The summed E-state index contributed by atoms with van der Waals surface area (Å²) < 4.78 is 51.3. The number of hydrogen-bond acceptors (Lipinski definition) is 4. The van der Waals surface area contributed by atoms with Gasteiger partial charge in [0.05, 0.1) is 7.11 Å². The maximum absolute atomic E-state index is 13.9. The average Bonchev–Trinajstić information content (AvgIpc) is 2.60. The SMILES string of the molecule is COC(=O)[C@]1(C(F)(F)F)CC(C)=C(C)CN1C(=O)OCc1ccccc1. The largest absolute Gasteiger partial charge is 0.467 e. The lowest BCUT2D eigenvalue weighted by Gasteiger charge is -2.45. The van der Waals surface area contributed by atoms with Crippen LogP contribution >= 0.6 is 0 Å². The molecule has 0 fully saturated rings. The number of esters is 1. The summed E-state index contributed by atoms with van der Waals surface area (Å²) in [5.74, 6) is -1.53. The maximum Gasteiger partial charge on any atom is 0.423 e. The fourth-order valence-corrected chi connectivity index (χ4v) is 2.87. The summed E-state index contributed by atoms with van der Waals surface area (Å²) in [4.78, 5) is 25.1. The standard InChI is InChI=1S/C18H20F3NO4/c1-12-9-17(15(23)25-3,18(19,20)21)22(10-13(12)2)16(24)26-11-14-7-5-4-6-8-14/h4-8H,9-11H2,1-3H3/t17-/m0/s1. The zero-order chi connectivity index (χ0) is 19.5. The van der Waals surface area contributed by atoms with Crippen molar-refractivity contribution < 1.29 is 32.2 Å². The lowest BCUT2D eigenvalue weighted by atomic mass is 9.83. The molecule has 1 aromatic carbocycles. The molecule has 1 aliphatic rings. The van der Waals surface area contributed by atoms with Crippen LogP contribution in [0.1, 0.15) is 25.8 Å². The van der Waals surface area contributed by atoms with Gasteiger partial charge in [-0.25, -0.2) is 9.59 Å². The Kier molecular flexibility index (Phi) is 5.63. The Morgan fingerprint density at radius 3 is 2.31 bits per heavy atom. The summed E-state index contributed by atoms with van der Waals surface area (Å²) >= 11 is 0. The highest BCUT2D eigenvalue weighted by atomic mass is 19.4. The topological polar surface area (TPSA) is 55.8 Å². The van der Waals surface area contributed by atoms with Gasteiger partial charge in [-0.3, -0.25) is 4.90 Å². The third kappa shape index (κ3) is 3.54. The summed E-state index contributed by atoms with van der Waals surface area (Å²) in [6.07, 6.45) is -6.92. The second-order valence-corrected chi connectivity index (χ2v) is 6.21.